The molecule has 0 saturated heterocycles. The maximum atomic E-state index is 9.50. The second kappa shape index (κ2) is 22.0. The standard InChI is InChI=1S/C30H55N3O/c1-4-7-10-13-16-19-24-33(25-20-17-14-11-8-5-2)28-22-23-29(32-31)30(27-28)34-26-21-18-15-12-9-6-3/h22,27H,4-21,23-26H2,1-3H3. The third kappa shape index (κ3) is 14.7. The first-order chi connectivity index (χ1) is 16.8. The SMILES string of the molecule is CCCCCCCCOC1=CC(N(CCCCCCCC)CCCCCCCC)=CCC1=[N+]=[N-]. The molecule has 0 radical (unpaired) electrons. The zero-order chi connectivity index (χ0) is 24.7. The van der Waals surface area contributed by atoms with Crippen molar-refractivity contribution in [2.24, 2.45) is 0 Å². The minimum Gasteiger partial charge on any atom is -0.486 e. The van der Waals surface area contributed by atoms with Crippen LogP contribution in [0.3, 0.4) is 0 Å². The Hall–Kier alpha value is -1.54. The molecule has 0 heterocycles. The molecule has 34 heavy (non-hydrogen) atoms. The molecule has 4 nitrogen and oxygen atoms in total. The highest BCUT2D eigenvalue weighted by molar-refractivity contribution is 5.96. The highest BCUT2D eigenvalue weighted by Crippen LogP contribution is 2.21. The first-order valence-corrected chi connectivity index (χ1v) is 14.8. The zero-order valence-electron chi connectivity index (χ0n) is 23.0. The van der Waals surface area contributed by atoms with E-state index in [4.69, 9.17) is 4.74 Å². The van der Waals surface area contributed by atoms with Crippen LogP contribution in [0.25, 0.3) is 5.53 Å². The Morgan fingerprint density at radius 2 is 1.18 bits per heavy atom. The van der Waals surface area contributed by atoms with Crippen LogP contribution in [-0.4, -0.2) is 35.1 Å². The molecule has 0 N–H and O–H groups in total. The monoisotopic (exact) mass is 473 g/mol. The fourth-order valence-electron chi connectivity index (χ4n) is 4.61. The number of hydrogen-bond donors (Lipinski definition) is 0. The maximum Gasteiger partial charge on any atom is 0.337 e. The summed E-state index contributed by atoms with van der Waals surface area (Å²) in [6.45, 7) is 9.74. The van der Waals surface area contributed by atoms with Crippen molar-refractivity contribution in [3.05, 3.63) is 29.1 Å². The molecule has 196 valence electrons. The topological polar surface area (TPSA) is 48.9 Å². The van der Waals surface area contributed by atoms with Crippen molar-refractivity contribution < 1.29 is 9.53 Å². The summed E-state index contributed by atoms with van der Waals surface area (Å²) in [4.78, 5) is 6.09. The van der Waals surface area contributed by atoms with Gasteiger partial charge in [0.2, 0.25) is 5.76 Å². The van der Waals surface area contributed by atoms with Gasteiger partial charge in [0.15, 0.2) is 0 Å². The fourth-order valence-corrected chi connectivity index (χ4v) is 4.61. The number of ether oxygens (including phenoxy) is 1. The lowest BCUT2D eigenvalue weighted by molar-refractivity contribution is -0.0123. The van der Waals surface area contributed by atoms with Crippen molar-refractivity contribution >= 4 is 5.71 Å². The normalized spacial score (nSPS) is 13.4. The van der Waals surface area contributed by atoms with Gasteiger partial charge in [-0.2, -0.15) is 4.79 Å². The van der Waals surface area contributed by atoms with Crippen molar-refractivity contribution in [3.8, 4) is 0 Å². The Labute approximate surface area is 211 Å². The highest BCUT2D eigenvalue weighted by Gasteiger charge is 2.23. The van der Waals surface area contributed by atoms with E-state index in [9.17, 15) is 5.53 Å². The van der Waals surface area contributed by atoms with Gasteiger partial charge < -0.3 is 15.2 Å². The van der Waals surface area contributed by atoms with E-state index in [-0.39, 0.29) is 0 Å². The fraction of sp³-hybridized carbons (Fsp3) is 0.833. The molecule has 0 spiro atoms. The third-order valence-electron chi connectivity index (χ3n) is 6.87. The summed E-state index contributed by atoms with van der Waals surface area (Å²) >= 11 is 0. The summed E-state index contributed by atoms with van der Waals surface area (Å²) in [6, 6.07) is 0. The lowest BCUT2D eigenvalue weighted by Gasteiger charge is -2.28. The molecule has 0 amide bonds. The molecule has 0 aromatic rings. The summed E-state index contributed by atoms with van der Waals surface area (Å²) in [6.07, 6.45) is 28.4. The van der Waals surface area contributed by atoms with Gasteiger partial charge in [-0.3, -0.25) is 0 Å². The molecule has 1 aliphatic rings. The third-order valence-corrected chi connectivity index (χ3v) is 6.87. The van der Waals surface area contributed by atoms with Crippen molar-refractivity contribution in [2.75, 3.05) is 19.7 Å². The summed E-state index contributed by atoms with van der Waals surface area (Å²) in [5, 5.41) is 0. The van der Waals surface area contributed by atoms with E-state index in [0.717, 1.165) is 25.3 Å². The number of hydrogen-bond acceptors (Lipinski definition) is 2. The average molecular weight is 474 g/mol. The van der Waals surface area contributed by atoms with Crippen molar-refractivity contribution in [1.29, 1.82) is 0 Å². The van der Waals surface area contributed by atoms with Crippen LogP contribution < -0.4 is 0 Å². The van der Waals surface area contributed by atoms with Gasteiger partial charge in [-0.05, 0) is 25.3 Å². The van der Waals surface area contributed by atoms with Crippen molar-refractivity contribution in [3.63, 3.8) is 0 Å². The Bertz CT molecular complexity index is 588. The predicted molar refractivity (Wildman–Crippen MR) is 147 cm³/mol. The van der Waals surface area contributed by atoms with Gasteiger partial charge in [0, 0.05) is 24.9 Å². The number of allylic oxidation sites excluding steroid dienone is 3. The molecular formula is C30H55N3O. The zero-order valence-corrected chi connectivity index (χ0v) is 23.0. The molecule has 0 saturated carbocycles. The molecule has 1 aliphatic carbocycles. The van der Waals surface area contributed by atoms with Crippen LogP contribution in [0, 0.1) is 0 Å². The first-order valence-electron chi connectivity index (χ1n) is 14.8. The van der Waals surface area contributed by atoms with E-state index >= 15 is 0 Å². The van der Waals surface area contributed by atoms with Crippen LogP contribution in [0.15, 0.2) is 23.6 Å². The van der Waals surface area contributed by atoms with Crippen LogP contribution >= 0.6 is 0 Å². The van der Waals surface area contributed by atoms with E-state index in [1.807, 2.05) is 0 Å². The predicted octanol–water partition coefficient (Wildman–Crippen LogP) is 9.23. The summed E-state index contributed by atoms with van der Waals surface area (Å²) in [5.74, 6) is 0.768. The van der Waals surface area contributed by atoms with E-state index < -0.39 is 0 Å². The van der Waals surface area contributed by atoms with Gasteiger partial charge in [-0.15, -0.1) is 0 Å². The van der Waals surface area contributed by atoms with Crippen LogP contribution in [0.2, 0.25) is 0 Å². The van der Waals surface area contributed by atoms with Gasteiger partial charge in [0.1, 0.15) is 0 Å². The molecule has 4 heteroatoms. The molecule has 0 unspecified atom stereocenters. The van der Waals surface area contributed by atoms with Crippen LogP contribution in [0.5, 0.6) is 0 Å². The molecule has 0 fully saturated rings. The summed E-state index contributed by atoms with van der Waals surface area (Å²) in [7, 11) is 0. The van der Waals surface area contributed by atoms with Crippen LogP contribution in [0.1, 0.15) is 143 Å². The molecule has 1 rings (SSSR count). The van der Waals surface area contributed by atoms with Gasteiger partial charge in [0.25, 0.3) is 0 Å². The number of unbranched alkanes of at least 4 members (excludes halogenated alkanes) is 15. The molecule has 0 aromatic carbocycles. The van der Waals surface area contributed by atoms with Crippen LogP contribution in [-0.2, 0) is 4.74 Å². The Morgan fingerprint density at radius 3 is 1.68 bits per heavy atom. The van der Waals surface area contributed by atoms with E-state index in [1.54, 1.807) is 0 Å². The number of nitrogens with zero attached hydrogens (tertiary/aromatic N) is 3. The highest BCUT2D eigenvalue weighted by atomic mass is 16.5. The molecule has 0 atom stereocenters. The van der Waals surface area contributed by atoms with E-state index in [0.29, 0.717) is 18.7 Å². The molecular weight excluding hydrogens is 418 g/mol. The quantitative estimate of drug-likeness (QED) is 0.0843. The molecule has 0 bridgehead atoms. The Morgan fingerprint density at radius 1 is 0.706 bits per heavy atom. The lowest BCUT2D eigenvalue weighted by Crippen LogP contribution is -2.27. The minimum absolute atomic E-state index is 0.650. The summed E-state index contributed by atoms with van der Waals surface area (Å²) in [5.41, 5.74) is 11.4. The maximum absolute atomic E-state index is 9.50. The van der Waals surface area contributed by atoms with Gasteiger partial charge in [0.05, 0.1) is 13.0 Å². The molecule has 0 aromatic heterocycles. The smallest absolute Gasteiger partial charge is 0.337 e. The van der Waals surface area contributed by atoms with Crippen LogP contribution in [0.4, 0.5) is 0 Å². The van der Waals surface area contributed by atoms with E-state index in [1.165, 1.54) is 115 Å². The van der Waals surface area contributed by atoms with Gasteiger partial charge >= 0.3 is 5.71 Å². The van der Waals surface area contributed by atoms with Gasteiger partial charge in [-0.25, -0.2) is 0 Å². The number of rotatable bonds is 23. The van der Waals surface area contributed by atoms with Gasteiger partial charge in [-0.1, -0.05) is 117 Å². The lowest BCUT2D eigenvalue weighted by atomic mass is 10.1. The van der Waals surface area contributed by atoms with Crippen molar-refractivity contribution in [2.45, 2.75) is 143 Å². The minimum atomic E-state index is 0.650. The van der Waals surface area contributed by atoms with Crippen molar-refractivity contribution in [1.82, 2.24) is 4.90 Å². The summed E-state index contributed by atoms with van der Waals surface area (Å²) < 4.78 is 6.12. The second-order valence-electron chi connectivity index (χ2n) is 10.0. The largest absolute Gasteiger partial charge is 0.486 e. The average Bonchev–Trinajstić information content (AvgIpc) is 2.86. The molecule has 0 aliphatic heterocycles. The Kier molecular flexibility index (Phi) is 19.7. The second-order valence-corrected chi connectivity index (χ2v) is 10.0. The Balaban J connectivity index is 2.61. The first kappa shape index (κ1) is 30.5. The van der Waals surface area contributed by atoms with E-state index in [2.05, 4.69) is 42.6 Å².